The van der Waals surface area contributed by atoms with Gasteiger partial charge in [0.1, 0.15) is 43.5 Å². The molecule has 0 bridgehead atoms. The smallest absolute Gasteiger partial charge is 0.146 e. The van der Waals surface area contributed by atoms with E-state index in [0.717, 1.165) is 18.1 Å². The zero-order valence-corrected chi connectivity index (χ0v) is 38.6. The van der Waals surface area contributed by atoms with Crippen molar-refractivity contribution in [3.8, 4) is 24.3 Å². The molecule has 288 valence electrons. The highest BCUT2D eigenvalue weighted by atomic mass is 32.1. The number of nitrogens with zero attached hydrogens (tertiary/aromatic N) is 4. The maximum Gasteiger partial charge on any atom is 0.146 e. The molecule has 0 radical (unpaired) electrons. The molecule has 1 aliphatic rings. The van der Waals surface area contributed by atoms with E-state index in [4.69, 9.17) is 0 Å². The minimum absolute atomic E-state index is 0.168. The fourth-order valence-electron chi connectivity index (χ4n) is 8.30. The normalized spacial score (nSPS) is 17.8. The Morgan fingerprint density at radius 1 is 0.491 bits per heavy atom. The maximum atomic E-state index is 9.44. The first kappa shape index (κ1) is 41.3. The summed E-state index contributed by atoms with van der Waals surface area (Å²) < 4.78 is 14.3. The first-order valence-corrected chi connectivity index (χ1v) is 27.2. The Bertz CT molecular complexity index is 2990. The molecule has 0 saturated carbocycles. The molecule has 0 aliphatic carbocycles. The number of hydrogen-bond donors (Lipinski definition) is 0. The highest BCUT2D eigenvalue weighted by molar-refractivity contribution is 7.20. The lowest BCUT2D eigenvalue weighted by Gasteiger charge is -2.36. The van der Waals surface area contributed by atoms with Crippen LogP contribution in [0.3, 0.4) is 0 Å². The van der Waals surface area contributed by atoms with Gasteiger partial charge in [-0.05, 0) is 95.0 Å². The van der Waals surface area contributed by atoms with Crippen LogP contribution in [0.15, 0.2) is 60.7 Å². The van der Waals surface area contributed by atoms with Gasteiger partial charge < -0.3 is 0 Å². The van der Waals surface area contributed by atoms with Crippen LogP contribution >= 0.6 is 68.0 Å². The molecule has 57 heavy (non-hydrogen) atoms. The Labute approximate surface area is 358 Å². The van der Waals surface area contributed by atoms with Crippen LogP contribution in [0.25, 0.3) is 11.1 Å². The summed E-state index contributed by atoms with van der Waals surface area (Å²) in [7, 11) is -2.21. The molecule has 4 nitrogen and oxygen atoms in total. The molecule has 2 unspecified atom stereocenters. The van der Waals surface area contributed by atoms with Crippen LogP contribution < -0.4 is 19.4 Å². The Morgan fingerprint density at radius 2 is 0.842 bits per heavy atom. The molecule has 2 atom stereocenters. The van der Waals surface area contributed by atoms with Crippen LogP contribution in [0, 0.1) is 102 Å². The quantitative estimate of drug-likeness (QED) is 0.114. The van der Waals surface area contributed by atoms with Gasteiger partial charge in [-0.2, -0.15) is 21.0 Å². The molecule has 0 amide bonds. The molecule has 7 heterocycles. The molecule has 0 spiro atoms. The predicted octanol–water partition coefficient (Wildman–Crippen LogP) is 11.2. The van der Waals surface area contributed by atoms with E-state index >= 15 is 0 Å². The third-order valence-corrected chi connectivity index (χ3v) is 24.8. The van der Waals surface area contributed by atoms with Crippen molar-refractivity contribution >= 4 is 97.6 Å². The van der Waals surface area contributed by atoms with E-state index < -0.39 is 8.07 Å². The first-order chi connectivity index (χ1) is 27.8. The lowest BCUT2D eigenvalue weighted by molar-refractivity contribution is 0.469. The summed E-state index contributed by atoms with van der Waals surface area (Å²) in [5.41, 5.74) is 0.336. The second-order valence-electron chi connectivity index (χ2n) is 14.9. The summed E-state index contributed by atoms with van der Waals surface area (Å²) in [6.45, 7) is 9.49. The molecule has 6 aromatic heterocycles. The molecule has 7 rings (SSSR count). The summed E-state index contributed by atoms with van der Waals surface area (Å²) in [6, 6.07) is 32.9. The summed E-state index contributed by atoms with van der Waals surface area (Å²) in [5, 5.41) is 41.1. The minimum atomic E-state index is -2.21. The average molecular weight is 873 g/mol. The van der Waals surface area contributed by atoms with E-state index in [9.17, 15) is 21.0 Å². The zero-order valence-electron chi connectivity index (χ0n) is 32.7. The second kappa shape index (κ2) is 18.4. The molecule has 6 aromatic rings. The second-order valence-corrected chi connectivity index (χ2v) is 25.4. The number of hydrogen-bond acceptors (Lipinski definition) is 10. The topological polar surface area (TPSA) is 95.2 Å². The third-order valence-electron chi connectivity index (χ3n) is 11.4. The van der Waals surface area contributed by atoms with Gasteiger partial charge in [-0.15, -0.1) is 68.0 Å². The van der Waals surface area contributed by atoms with Gasteiger partial charge in [-0.1, -0.05) is 79.1 Å². The lowest BCUT2D eigenvalue weighted by atomic mass is 10.0. The molecule has 0 aromatic carbocycles. The van der Waals surface area contributed by atoms with Crippen molar-refractivity contribution in [1.82, 2.24) is 0 Å². The van der Waals surface area contributed by atoms with E-state index in [0.29, 0.717) is 11.8 Å². The van der Waals surface area contributed by atoms with E-state index in [-0.39, 0.29) is 11.1 Å². The summed E-state index contributed by atoms with van der Waals surface area (Å²) >= 11 is 10.6. The van der Waals surface area contributed by atoms with Gasteiger partial charge in [0.15, 0.2) is 0 Å². The standard InChI is InChI=1S/C46H44N4S6Si/c1-5-9-11-29(7-3)27-57(28-30(8-4)12-10-6-2)43-21-41(39-19-17-37(53-39)35-15-13-33(51-35)31(23-47)24-48)55-45(43)46-44(57)22-42(56-46)40-20-18-38(54-40)36-16-14-34(52-36)32(25-49)26-50/h13-22,29-30H,5-12,27-28H2,1-4H3/b37-35-,38-36-,41-39-,42-40+. The summed E-state index contributed by atoms with van der Waals surface area (Å²) in [6.07, 6.45) is 10.1. The van der Waals surface area contributed by atoms with Crippen molar-refractivity contribution in [2.45, 2.75) is 91.1 Å². The van der Waals surface area contributed by atoms with Crippen molar-refractivity contribution in [2.24, 2.45) is 11.8 Å². The largest absolute Gasteiger partial charge is 0.192 e. The van der Waals surface area contributed by atoms with Crippen molar-refractivity contribution in [2.75, 3.05) is 0 Å². The van der Waals surface area contributed by atoms with Gasteiger partial charge in [-0.25, -0.2) is 0 Å². The van der Waals surface area contributed by atoms with Gasteiger partial charge in [0.2, 0.25) is 0 Å². The van der Waals surface area contributed by atoms with Crippen LogP contribution in [-0.2, 0) is 0 Å². The SMILES string of the molecule is CCCCC(CC)C[Si]1(CC(CC)CCCC)c2c/c(=c3\cc/c(=c4\ccc(=C(C#N)C#N)s4)s3)sc2=c2s/c(=c3\cc/c(=c4\ccc(=C(C#N)C#N)s4)s3)cc21. The molecule has 0 saturated heterocycles. The molecule has 11 heteroatoms. The maximum absolute atomic E-state index is 9.44. The molecular weight excluding hydrogens is 829 g/mol. The Hall–Kier alpha value is -3.88. The predicted molar refractivity (Wildman–Crippen MR) is 244 cm³/mol. The van der Waals surface area contributed by atoms with Crippen molar-refractivity contribution in [1.29, 1.82) is 21.0 Å². The van der Waals surface area contributed by atoms with E-state index in [1.165, 1.54) is 122 Å². The van der Waals surface area contributed by atoms with E-state index in [1.807, 2.05) is 93.9 Å². The number of nitriles is 4. The highest BCUT2D eigenvalue weighted by Crippen LogP contribution is 2.38. The molecule has 0 fully saturated rings. The molecule has 1 aliphatic heterocycles. The fourth-order valence-corrected chi connectivity index (χ4v) is 23.0. The van der Waals surface area contributed by atoms with Crippen LogP contribution in [0.2, 0.25) is 12.1 Å². The van der Waals surface area contributed by atoms with Gasteiger partial charge >= 0.3 is 0 Å². The van der Waals surface area contributed by atoms with Crippen molar-refractivity contribution < 1.29 is 0 Å². The first-order valence-electron chi connectivity index (χ1n) is 19.9. The van der Waals surface area contributed by atoms with Crippen LogP contribution in [0.4, 0.5) is 0 Å². The molecular formula is C46H44N4S6Si. The fraction of sp³-hybridized carbons (Fsp3) is 0.348. The lowest BCUT2D eigenvalue weighted by Crippen LogP contribution is -2.57. The van der Waals surface area contributed by atoms with Gasteiger partial charge in [-0.3, -0.25) is 0 Å². The monoisotopic (exact) mass is 872 g/mol. The number of fused-ring (bicyclic) bond motifs is 2. The van der Waals surface area contributed by atoms with Gasteiger partial charge in [0.25, 0.3) is 0 Å². The van der Waals surface area contributed by atoms with E-state index in [1.54, 1.807) is 10.4 Å². The summed E-state index contributed by atoms with van der Waals surface area (Å²) in [5.74, 6) is 1.42. The van der Waals surface area contributed by atoms with Crippen molar-refractivity contribution in [3.63, 3.8) is 0 Å². The Balaban J connectivity index is 1.54. The van der Waals surface area contributed by atoms with Crippen LogP contribution in [0.1, 0.15) is 79.1 Å². The Morgan fingerprint density at radius 3 is 1.19 bits per heavy atom. The van der Waals surface area contributed by atoms with E-state index in [2.05, 4.69) is 64.1 Å². The average Bonchev–Trinajstić information content (AvgIpc) is 4.07. The Kier molecular flexibility index (Phi) is 13.3. The molecule has 0 N–H and O–H groups in total. The minimum Gasteiger partial charge on any atom is -0.192 e. The zero-order chi connectivity index (χ0) is 40.1. The number of unbranched alkanes of at least 4 members (excludes halogenated alkanes) is 2. The summed E-state index contributed by atoms with van der Waals surface area (Å²) in [4.78, 5) is 0. The van der Waals surface area contributed by atoms with Crippen molar-refractivity contribution in [3.05, 3.63) is 115 Å². The van der Waals surface area contributed by atoms with Crippen LogP contribution in [0.5, 0.6) is 0 Å². The third kappa shape index (κ3) is 8.23. The van der Waals surface area contributed by atoms with Crippen LogP contribution in [-0.4, -0.2) is 8.07 Å². The number of thiophene rings is 6. The highest BCUT2D eigenvalue weighted by Gasteiger charge is 2.46. The van der Waals surface area contributed by atoms with Gasteiger partial charge in [0, 0.05) is 45.3 Å². The number of rotatable bonds is 12. The van der Waals surface area contributed by atoms with Gasteiger partial charge in [0.05, 0.1) is 9.06 Å².